The molecule has 2 aromatic rings. The monoisotopic (exact) mass is 325 g/mol. The maximum absolute atomic E-state index is 13.5. The lowest BCUT2D eigenvalue weighted by Crippen LogP contribution is -2.23. The third-order valence-electron chi connectivity index (χ3n) is 2.97. The second-order valence-corrected chi connectivity index (χ2v) is 6.02. The molecule has 0 saturated heterocycles. The minimum Gasteiger partial charge on any atom is -0.323 e. The van der Waals surface area contributed by atoms with E-state index in [0.29, 0.717) is 5.75 Å². The largest absolute Gasteiger partial charge is 0.323 e. The number of amides is 1. The van der Waals surface area contributed by atoms with Gasteiger partial charge in [-0.1, -0.05) is 12.1 Å². The molecule has 0 aliphatic heterocycles. The predicted octanol–water partition coefficient (Wildman–Crippen LogP) is 4.36. The molecule has 6 heteroatoms. The summed E-state index contributed by atoms with van der Waals surface area (Å²) in [6.07, 6.45) is 0. The molecule has 0 spiro atoms. The minimum absolute atomic E-state index is 0.181. The van der Waals surface area contributed by atoms with E-state index in [1.54, 1.807) is 19.1 Å². The number of hydrogen-bond donors (Lipinski definition) is 1. The number of nitrogens with one attached hydrogen (secondary N) is 1. The van der Waals surface area contributed by atoms with E-state index in [1.807, 2.05) is 0 Å². The fourth-order valence-electron chi connectivity index (χ4n) is 1.71. The van der Waals surface area contributed by atoms with E-state index in [4.69, 9.17) is 0 Å². The van der Waals surface area contributed by atoms with E-state index >= 15 is 0 Å². The van der Waals surface area contributed by atoms with Gasteiger partial charge >= 0.3 is 0 Å². The molecular weight excluding hydrogens is 311 g/mol. The minimum atomic E-state index is -0.689. The van der Waals surface area contributed by atoms with E-state index in [-0.39, 0.29) is 11.5 Å². The first kappa shape index (κ1) is 16.4. The van der Waals surface area contributed by atoms with Crippen molar-refractivity contribution in [3.63, 3.8) is 0 Å². The average molecular weight is 325 g/mol. The Labute approximate surface area is 130 Å². The van der Waals surface area contributed by atoms with Crippen molar-refractivity contribution in [3.8, 4) is 0 Å². The molecule has 1 amide bonds. The summed E-state index contributed by atoms with van der Waals surface area (Å²) in [6.45, 7) is 1.67. The van der Waals surface area contributed by atoms with Crippen LogP contribution >= 0.6 is 11.8 Å². The first-order chi connectivity index (χ1) is 10.5. The zero-order valence-corrected chi connectivity index (χ0v) is 12.6. The fraction of sp³-hybridized carbons (Fsp3) is 0.188. The molecule has 1 unspecified atom stereocenters. The number of rotatable bonds is 5. The second-order valence-electron chi connectivity index (χ2n) is 4.69. The van der Waals surface area contributed by atoms with Crippen molar-refractivity contribution in [3.05, 3.63) is 65.5 Å². The third-order valence-corrected chi connectivity index (χ3v) is 4.18. The SMILES string of the molecule is CC(SCc1ccc(F)cc1)C(=O)Nc1cc(F)ccc1F. The molecule has 1 N–H and O–H groups in total. The first-order valence-corrected chi connectivity index (χ1v) is 7.62. The summed E-state index contributed by atoms with van der Waals surface area (Å²) in [5.74, 6) is -1.54. The Hall–Kier alpha value is -1.95. The highest BCUT2D eigenvalue weighted by molar-refractivity contribution is 7.99. The van der Waals surface area contributed by atoms with Crippen LogP contribution in [0.1, 0.15) is 12.5 Å². The van der Waals surface area contributed by atoms with Gasteiger partial charge in [0.05, 0.1) is 10.9 Å². The average Bonchev–Trinajstić information content (AvgIpc) is 2.50. The van der Waals surface area contributed by atoms with E-state index in [0.717, 1.165) is 23.8 Å². The summed E-state index contributed by atoms with van der Waals surface area (Å²) in [4.78, 5) is 12.0. The Morgan fingerprint density at radius 3 is 2.41 bits per heavy atom. The maximum Gasteiger partial charge on any atom is 0.237 e. The fourth-order valence-corrected chi connectivity index (χ4v) is 2.55. The van der Waals surface area contributed by atoms with Gasteiger partial charge in [-0.25, -0.2) is 13.2 Å². The molecule has 0 heterocycles. The van der Waals surface area contributed by atoms with E-state index < -0.39 is 22.8 Å². The van der Waals surface area contributed by atoms with Crippen molar-refractivity contribution >= 4 is 23.4 Å². The Morgan fingerprint density at radius 2 is 1.73 bits per heavy atom. The lowest BCUT2D eigenvalue weighted by Gasteiger charge is -2.12. The smallest absolute Gasteiger partial charge is 0.237 e. The van der Waals surface area contributed by atoms with Crippen LogP contribution in [0.3, 0.4) is 0 Å². The van der Waals surface area contributed by atoms with Gasteiger partial charge in [0.2, 0.25) is 5.91 Å². The van der Waals surface area contributed by atoms with Crippen LogP contribution in [0, 0.1) is 17.5 Å². The highest BCUT2D eigenvalue weighted by atomic mass is 32.2. The van der Waals surface area contributed by atoms with Crippen molar-refractivity contribution in [1.82, 2.24) is 0 Å². The Bertz CT molecular complexity index is 661. The molecular formula is C16H14F3NOS. The van der Waals surface area contributed by atoms with Gasteiger partial charge in [0.1, 0.15) is 17.5 Å². The van der Waals surface area contributed by atoms with Gasteiger partial charge in [-0.15, -0.1) is 11.8 Å². The predicted molar refractivity (Wildman–Crippen MR) is 82.1 cm³/mol. The molecule has 0 aromatic heterocycles. The van der Waals surface area contributed by atoms with Gasteiger partial charge in [0.15, 0.2) is 0 Å². The van der Waals surface area contributed by atoms with Gasteiger partial charge < -0.3 is 5.32 Å². The summed E-state index contributed by atoms with van der Waals surface area (Å²) < 4.78 is 39.3. The summed E-state index contributed by atoms with van der Waals surface area (Å²) >= 11 is 1.32. The normalized spacial score (nSPS) is 12.0. The molecule has 2 aromatic carbocycles. The van der Waals surface area contributed by atoms with Crippen LogP contribution in [0.15, 0.2) is 42.5 Å². The number of anilines is 1. The lowest BCUT2D eigenvalue weighted by atomic mass is 10.2. The van der Waals surface area contributed by atoms with Crippen molar-refractivity contribution in [1.29, 1.82) is 0 Å². The van der Waals surface area contributed by atoms with Gasteiger partial charge in [0.25, 0.3) is 0 Å². The number of carbonyl (C=O) groups is 1. The highest BCUT2D eigenvalue weighted by Crippen LogP contribution is 2.21. The molecule has 0 bridgehead atoms. The molecule has 1 atom stereocenters. The summed E-state index contributed by atoms with van der Waals surface area (Å²) in [5, 5.41) is 1.90. The number of halogens is 3. The molecule has 2 nitrogen and oxygen atoms in total. The van der Waals surface area contributed by atoms with Gasteiger partial charge in [-0.05, 0) is 36.8 Å². The number of thioether (sulfide) groups is 1. The Balaban J connectivity index is 1.91. The standard InChI is InChI=1S/C16H14F3NOS/c1-10(22-9-11-2-4-12(17)5-3-11)16(21)20-15-8-13(18)6-7-14(15)19/h2-8,10H,9H2,1H3,(H,20,21). The van der Waals surface area contributed by atoms with Crippen LogP contribution in [-0.4, -0.2) is 11.2 Å². The molecule has 0 saturated carbocycles. The summed E-state index contributed by atoms with van der Waals surface area (Å²) in [7, 11) is 0. The molecule has 22 heavy (non-hydrogen) atoms. The number of carbonyl (C=O) groups excluding carboxylic acids is 1. The van der Waals surface area contributed by atoms with Crippen molar-refractivity contribution < 1.29 is 18.0 Å². The number of benzene rings is 2. The molecule has 0 fully saturated rings. The van der Waals surface area contributed by atoms with Crippen molar-refractivity contribution in [2.24, 2.45) is 0 Å². The Kier molecular flexibility index (Phi) is 5.49. The zero-order valence-electron chi connectivity index (χ0n) is 11.8. The molecule has 0 aliphatic carbocycles. The van der Waals surface area contributed by atoms with Crippen LogP contribution in [0.25, 0.3) is 0 Å². The van der Waals surface area contributed by atoms with Gasteiger partial charge in [0, 0.05) is 11.8 Å². The first-order valence-electron chi connectivity index (χ1n) is 6.57. The van der Waals surface area contributed by atoms with Crippen LogP contribution in [0.5, 0.6) is 0 Å². The summed E-state index contributed by atoms with van der Waals surface area (Å²) in [6, 6.07) is 8.85. The second kappa shape index (κ2) is 7.35. The summed E-state index contributed by atoms with van der Waals surface area (Å²) in [5.41, 5.74) is 0.696. The highest BCUT2D eigenvalue weighted by Gasteiger charge is 2.15. The van der Waals surface area contributed by atoms with E-state index in [1.165, 1.54) is 23.9 Å². The lowest BCUT2D eigenvalue weighted by molar-refractivity contribution is -0.115. The quantitative estimate of drug-likeness (QED) is 0.885. The maximum atomic E-state index is 13.5. The van der Waals surface area contributed by atoms with Gasteiger partial charge in [-0.2, -0.15) is 0 Å². The Morgan fingerprint density at radius 1 is 1.09 bits per heavy atom. The van der Waals surface area contributed by atoms with Crippen molar-refractivity contribution in [2.75, 3.05) is 5.32 Å². The third kappa shape index (κ3) is 4.53. The number of hydrogen-bond acceptors (Lipinski definition) is 2. The van der Waals surface area contributed by atoms with Gasteiger partial charge in [-0.3, -0.25) is 4.79 Å². The van der Waals surface area contributed by atoms with Crippen LogP contribution in [-0.2, 0) is 10.5 Å². The van der Waals surface area contributed by atoms with Crippen LogP contribution in [0.2, 0.25) is 0 Å². The van der Waals surface area contributed by atoms with Crippen LogP contribution in [0.4, 0.5) is 18.9 Å². The molecule has 0 radical (unpaired) electrons. The van der Waals surface area contributed by atoms with Crippen molar-refractivity contribution in [2.45, 2.75) is 17.9 Å². The topological polar surface area (TPSA) is 29.1 Å². The molecule has 116 valence electrons. The molecule has 0 aliphatic rings. The molecule has 2 rings (SSSR count). The van der Waals surface area contributed by atoms with Crippen LogP contribution < -0.4 is 5.32 Å². The van der Waals surface area contributed by atoms with E-state index in [9.17, 15) is 18.0 Å². The van der Waals surface area contributed by atoms with E-state index in [2.05, 4.69) is 5.32 Å². The zero-order chi connectivity index (χ0) is 16.1.